The minimum absolute atomic E-state index is 0.899. The summed E-state index contributed by atoms with van der Waals surface area (Å²) in [6.45, 7) is 6.25. The fourth-order valence-corrected chi connectivity index (χ4v) is 2.68. The molecule has 19 heavy (non-hydrogen) atoms. The van der Waals surface area contributed by atoms with Gasteiger partial charge in [0, 0.05) is 18.5 Å². The van der Waals surface area contributed by atoms with Crippen LogP contribution in [0.5, 0.6) is 0 Å². The number of aryl methyl sites for hydroxylation is 2. The first-order valence-electron chi connectivity index (χ1n) is 6.52. The number of benzene rings is 1. The van der Waals surface area contributed by atoms with E-state index in [9.17, 15) is 0 Å². The Labute approximate surface area is 118 Å². The molecule has 1 aromatic carbocycles. The number of nitrogens with zero attached hydrogens (tertiary/aromatic N) is 3. The molecule has 2 aromatic rings. The molecule has 0 bridgehead atoms. The van der Waals surface area contributed by atoms with Crippen molar-refractivity contribution in [3.8, 4) is 0 Å². The molecule has 1 heterocycles. The smallest absolute Gasteiger partial charge is 0.195 e. The third-order valence-electron chi connectivity index (χ3n) is 2.83. The van der Waals surface area contributed by atoms with Gasteiger partial charge in [0.15, 0.2) is 5.16 Å². The van der Waals surface area contributed by atoms with Gasteiger partial charge in [-0.15, -0.1) is 10.2 Å². The van der Waals surface area contributed by atoms with Crippen LogP contribution in [0, 0.1) is 6.92 Å². The zero-order valence-electron chi connectivity index (χ0n) is 11.7. The van der Waals surface area contributed by atoms with Crippen LogP contribution < -0.4 is 5.32 Å². The summed E-state index contributed by atoms with van der Waals surface area (Å²) in [5.74, 6) is 0. The summed E-state index contributed by atoms with van der Waals surface area (Å²) in [5.41, 5.74) is 2.61. The van der Waals surface area contributed by atoms with Gasteiger partial charge in [-0.25, -0.2) is 0 Å². The molecule has 0 aliphatic rings. The fourth-order valence-electron chi connectivity index (χ4n) is 1.81. The minimum atomic E-state index is 0.899. The molecular formula is C14H20N4S. The molecular weight excluding hydrogens is 256 g/mol. The molecule has 1 N–H and O–H groups in total. The highest BCUT2D eigenvalue weighted by molar-refractivity contribution is 7.99. The molecule has 0 radical (unpaired) electrons. The van der Waals surface area contributed by atoms with E-state index in [1.54, 1.807) is 18.1 Å². The van der Waals surface area contributed by atoms with E-state index in [0.717, 1.165) is 24.7 Å². The third kappa shape index (κ3) is 3.81. The molecule has 0 atom stereocenters. The highest BCUT2D eigenvalue weighted by atomic mass is 32.2. The Morgan fingerprint density at radius 1 is 1.37 bits per heavy atom. The summed E-state index contributed by atoms with van der Waals surface area (Å²) >= 11 is 1.66. The van der Waals surface area contributed by atoms with E-state index in [1.807, 2.05) is 11.6 Å². The Morgan fingerprint density at radius 2 is 2.21 bits per heavy atom. The molecule has 0 spiro atoms. The molecule has 102 valence electrons. The lowest BCUT2D eigenvalue weighted by molar-refractivity contribution is 0.668. The molecule has 0 aliphatic heterocycles. The van der Waals surface area contributed by atoms with Crippen molar-refractivity contribution in [3.63, 3.8) is 0 Å². The Bertz CT molecular complexity index is 536. The lowest BCUT2D eigenvalue weighted by Crippen LogP contribution is -2.14. The van der Waals surface area contributed by atoms with Crippen molar-refractivity contribution in [2.24, 2.45) is 7.05 Å². The Balaban J connectivity index is 2.16. The molecule has 5 heteroatoms. The van der Waals surface area contributed by atoms with Crippen molar-refractivity contribution in [1.29, 1.82) is 0 Å². The van der Waals surface area contributed by atoms with Crippen LogP contribution in [0.1, 0.15) is 24.5 Å². The van der Waals surface area contributed by atoms with Crippen molar-refractivity contribution in [1.82, 2.24) is 20.1 Å². The SMILES string of the molecule is CCCNCc1cc(C)ccc1Sc1nncn1C. The second kappa shape index (κ2) is 6.73. The second-order valence-electron chi connectivity index (χ2n) is 4.61. The Hall–Kier alpha value is -1.33. The van der Waals surface area contributed by atoms with E-state index in [2.05, 4.69) is 47.6 Å². The van der Waals surface area contributed by atoms with E-state index in [-0.39, 0.29) is 0 Å². The van der Waals surface area contributed by atoms with Gasteiger partial charge in [0.1, 0.15) is 6.33 Å². The van der Waals surface area contributed by atoms with E-state index in [0.29, 0.717) is 0 Å². The molecule has 2 rings (SSSR count). The quantitative estimate of drug-likeness (QED) is 0.824. The summed E-state index contributed by atoms with van der Waals surface area (Å²) in [5, 5.41) is 12.4. The van der Waals surface area contributed by atoms with E-state index in [4.69, 9.17) is 0 Å². The van der Waals surface area contributed by atoms with Gasteiger partial charge in [-0.05, 0) is 43.3 Å². The molecule has 0 fully saturated rings. The summed E-state index contributed by atoms with van der Waals surface area (Å²) in [4.78, 5) is 1.24. The predicted octanol–water partition coefficient (Wildman–Crippen LogP) is 2.77. The summed E-state index contributed by atoms with van der Waals surface area (Å²) < 4.78 is 1.94. The Kier molecular flexibility index (Phi) is 4.99. The largest absolute Gasteiger partial charge is 0.313 e. The van der Waals surface area contributed by atoms with Crippen molar-refractivity contribution in [3.05, 3.63) is 35.7 Å². The second-order valence-corrected chi connectivity index (χ2v) is 5.62. The van der Waals surface area contributed by atoms with E-state index in [1.165, 1.54) is 16.0 Å². The summed E-state index contributed by atoms with van der Waals surface area (Å²) in [7, 11) is 1.96. The van der Waals surface area contributed by atoms with Crippen LogP contribution in [0.4, 0.5) is 0 Å². The average molecular weight is 276 g/mol. The van der Waals surface area contributed by atoms with Crippen LogP contribution in [0.15, 0.2) is 34.6 Å². The maximum absolute atomic E-state index is 4.13. The first-order valence-corrected chi connectivity index (χ1v) is 7.34. The zero-order chi connectivity index (χ0) is 13.7. The highest BCUT2D eigenvalue weighted by Gasteiger charge is 2.08. The van der Waals surface area contributed by atoms with Crippen LogP contribution in [0.2, 0.25) is 0 Å². The molecule has 0 saturated carbocycles. The van der Waals surface area contributed by atoms with Crippen molar-refractivity contribution < 1.29 is 0 Å². The lowest BCUT2D eigenvalue weighted by Gasteiger charge is -2.10. The van der Waals surface area contributed by atoms with Crippen LogP contribution in [-0.2, 0) is 13.6 Å². The highest BCUT2D eigenvalue weighted by Crippen LogP contribution is 2.29. The topological polar surface area (TPSA) is 42.7 Å². The summed E-state index contributed by atoms with van der Waals surface area (Å²) in [6, 6.07) is 6.54. The van der Waals surface area contributed by atoms with Crippen LogP contribution in [-0.4, -0.2) is 21.3 Å². The first kappa shape index (κ1) is 14.1. The van der Waals surface area contributed by atoms with Gasteiger partial charge in [0.25, 0.3) is 0 Å². The van der Waals surface area contributed by atoms with Gasteiger partial charge >= 0.3 is 0 Å². The minimum Gasteiger partial charge on any atom is -0.313 e. The Morgan fingerprint density at radius 3 is 2.89 bits per heavy atom. The van der Waals surface area contributed by atoms with Gasteiger partial charge in [0.2, 0.25) is 0 Å². The van der Waals surface area contributed by atoms with Gasteiger partial charge in [-0.2, -0.15) is 0 Å². The number of hydrogen-bond donors (Lipinski definition) is 1. The molecule has 0 aliphatic carbocycles. The number of nitrogens with one attached hydrogen (secondary N) is 1. The van der Waals surface area contributed by atoms with Gasteiger partial charge in [-0.3, -0.25) is 0 Å². The van der Waals surface area contributed by atoms with Crippen LogP contribution in [0.3, 0.4) is 0 Å². The number of aromatic nitrogens is 3. The maximum atomic E-state index is 4.13. The lowest BCUT2D eigenvalue weighted by atomic mass is 10.1. The van der Waals surface area contributed by atoms with Crippen molar-refractivity contribution in [2.75, 3.05) is 6.54 Å². The number of rotatable bonds is 6. The third-order valence-corrected chi connectivity index (χ3v) is 4.00. The molecule has 0 saturated heterocycles. The van der Waals surface area contributed by atoms with E-state index >= 15 is 0 Å². The van der Waals surface area contributed by atoms with Crippen LogP contribution >= 0.6 is 11.8 Å². The normalized spacial score (nSPS) is 10.9. The zero-order valence-corrected chi connectivity index (χ0v) is 12.5. The predicted molar refractivity (Wildman–Crippen MR) is 78.3 cm³/mol. The molecule has 4 nitrogen and oxygen atoms in total. The van der Waals surface area contributed by atoms with Crippen LogP contribution in [0.25, 0.3) is 0 Å². The van der Waals surface area contributed by atoms with Gasteiger partial charge in [0.05, 0.1) is 0 Å². The number of hydrogen-bond acceptors (Lipinski definition) is 4. The molecule has 0 unspecified atom stereocenters. The molecule has 1 aromatic heterocycles. The monoisotopic (exact) mass is 276 g/mol. The van der Waals surface area contributed by atoms with Gasteiger partial charge < -0.3 is 9.88 Å². The fraction of sp³-hybridized carbons (Fsp3) is 0.429. The standard InChI is InChI=1S/C14H20N4S/c1-4-7-15-9-12-8-11(2)5-6-13(12)19-14-17-16-10-18(14)3/h5-6,8,10,15H,4,7,9H2,1-3H3. The molecule has 0 amide bonds. The van der Waals surface area contributed by atoms with Gasteiger partial charge in [-0.1, -0.05) is 24.6 Å². The summed E-state index contributed by atoms with van der Waals surface area (Å²) in [6.07, 6.45) is 2.88. The first-order chi connectivity index (χ1) is 9.20. The van der Waals surface area contributed by atoms with Crippen molar-refractivity contribution >= 4 is 11.8 Å². The average Bonchev–Trinajstić information content (AvgIpc) is 2.78. The van der Waals surface area contributed by atoms with Crippen molar-refractivity contribution in [2.45, 2.75) is 36.9 Å². The van der Waals surface area contributed by atoms with E-state index < -0.39 is 0 Å². The maximum Gasteiger partial charge on any atom is 0.195 e.